The number of hydrogen-bond donors (Lipinski definition) is 2. The fourth-order valence-corrected chi connectivity index (χ4v) is 1.60. The normalized spacial score (nSPS) is 10.7. The van der Waals surface area contributed by atoms with Crippen LogP contribution in [0.3, 0.4) is 0 Å². The van der Waals surface area contributed by atoms with Gasteiger partial charge in [-0.05, 0) is 18.1 Å². The van der Waals surface area contributed by atoms with Gasteiger partial charge in [0.2, 0.25) is 11.7 Å². The zero-order valence-corrected chi connectivity index (χ0v) is 9.68. The van der Waals surface area contributed by atoms with Crippen molar-refractivity contribution in [3.63, 3.8) is 0 Å². The van der Waals surface area contributed by atoms with Gasteiger partial charge in [0.05, 0.1) is 0 Å². The Balaban J connectivity index is 2.22. The summed E-state index contributed by atoms with van der Waals surface area (Å²) in [6, 6.07) is 7.66. The van der Waals surface area contributed by atoms with Crippen molar-refractivity contribution in [1.29, 1.82) is 0 Å². The van der Waals surface area contributed by atoms with Gasteiger partial charge >= 0.3 is 0 Å². The molecule has 5 heteroatoms. The molecule has 0 spiro atoms. The molecule has 1 aromatic carbocycles. The van der Waals surface area contributed by atoms with Crippen LogP contribution in [0.5, 0.6) is 0 Å². The summed E-state index contributed by atoms with van der Waals surface area (Å²) in [5, 5.41) is 12.6. The molecule has 0 radical (unpaired) electrons. The van der Waals surface area contributed by atoms with E-state index >= 15 is 0 Å². The van der Waals surface area contributed by atoms with E-state index in [4.69, 9.17) is 9.73 Å². The molecule has 2 rings (SSSR count). The smallest absolute Gasteiger partial charge is 0.226 e. The van der Waals surface area contributed by atoms with Crippen molar-refractivity contribution in [2.75, 3.05) is 0 Å². The predicted molar refractivity (Wildman–Crippen MR) is 62.4 cm³/mol. The van der Waals surface area contributed by atoms with E-state index in [1.165, 1.54) is 0 Å². The third-order valence-electron chi connectivity index (χ3n) is 2.40. The van der Waals surface area contributed by atoms with Gasteiger partial charge < -0.3 is 9.73 Å². The maximum absolute atomic E-state index is 8.66. The maximum atomic E-state index is 8.66. The minimum absolute atomic E-state index is 0.396. The van der Waals surface area contributed by atoms with Crippen molar-refractivity contribution in [2.24, 2.45) is 0 Å². The third kappa shape index (κ3) is 2.89. The lowest BCUT2D eigenvalue weighted by Gasteiger charge is -2.00. The second kappa shape index (κ2) is 5.56. The molecule has 0 aliphatic carbocycles. The van der Waals surface area contributed by atoms with Gasteiger partial charge in [0.15, 0.2) is 0 Å². The molecule has 1 heterocycles. The van der Waals surface area contributed by atoms with Crippen LogP contribution in [0.15, 0.2) is 28.8 Å². The molecule has 0 atom stereocenters. The van der Waals surface area contributed by atoms with Crippen molar-refractivity contribution in [3.05, 3.63) is 35.7 Å². The van der Waals surface area contributed by atoms with Crippen molar-refractivity contribution in [2.45, 2.75) is 26.3 Å². The first-order valence-corrected chi connectivity index (χ1v) is 5.62. The van der Waals surface area contributed by atoms with E-state index in [1.54, 1.807) is 0 Å². The Morgan fingerprint density at radius 1 is 1.41 bits per heavy atom. The molecule has 1 aromatic heterocycles. The van der Waals surface area contributed by atoms with E-state index in [1.807, 2.05) is 24.3 Å². The molecule has 0 saturated heterocycles. The maximum Gasteiger partial charge on any atom is 0.226 e. The molecule has 0 amide bonds. The molecule has 5 nitrogen and oxygen atoms in total. The van der Waals surface area contributed by atoms with Gasteiger partial charge in [-0.15, -0.1) is 0 Å². The van der Waals surface area contributed by atoms with Crippen LogP contribution in [0.4, 0.5) is 0 Å². The number of nitrogens with one attached hydrogen (secondary N) is 1. The summed E-state index contributed by atoms with van der Waals surface area (Å²) in [4.78, 5) is 4.31. The van der Waals surface area contributed by atoms with E-state index in [0.29, 0.717) is 18.3 Å². The highest BCUT2D eigenvalue weighted by Gasteiger charge is 2.08. The minimum atomic E-state index is 0.396. The third-order valence-corrected chi connectivity index (χ3v) is 2.40. The van der Waals surface area contributed by atoms with E-state index < -0.39 is 0 Å². The average Bonchev–Trinajstić information content (AvgIpc) is 2.79. The Bertz CT molecular complexity index is 482. The SMILES string of the molecule is CCCc1nc(-c2cccc(CNO)c2)no1. The molecule has 0 unspecified atom stereocenters. The summed E-state index contributed by atoms with van der Waals surface area (Å²) in [5.74, 6) is 1.25. The molecular weight excluding hydrogens is 218 g/mol. The van der Waals surface area contributed by atoms with Gasteiger partial charge in [0.1, 0.15) is 0 Å². The lowest BCUT2D eigenvalue weighted by molar-refractivity contribution is 0.161. The first-order chi connectivity index (χ1) is 8.33. The highest BCUT2D eigenvalue weighted by atomic mass is 16.5. The predicted octanol–water partition coefficient (Wildman–Crippen LogP) is 2.17. The van der Waals surface area contributed by atoms with Gasteiger partial charge in [-0.2, -0.15) is 4.98 Å². The van der Waals surface area contributed by atoms with Crippen LogP contribution in [0, 0.1) is 0 Å². The molecule has 0 aliphatic heterocycles. The summed E-state index contributed by atoms with van der Waals surface area (Å²) in [6.45, 7) is 2.46. The monoisotopic (exact) mass is 233 g/mol. The summed E-state index contributed by atoms with van der Waals surface area (Å²) in [7, 11) is 0. The van der Waals surface area contributed by atoms with Gasteiger partial charge in [-0.1, -0.05) is 30.3 Å². The van der Waals surface area contributed by atoms with Crippen LogP contribution >= 0.6 is 0 Å². The average molecular weight is 233 g/mol. The van der Waals surface area contributed by atoms with Crippen molar-refractivity contribution in [1.82, 2.24) is 15.6 Å². The molecule has 2 N–H and O–H groups in total. The number of rotatable bonds is 5. The summed E-state index contributed by atoms with van der Waals surface area (Å²) < 4.78 is 5.13. The van der Waals surface area contributed by atoms with Crippen LogP contribution < -0.4 is 5.48 Å². The van der Waals surface area contributed by atoms with E-state index in [-0.39, 0.29) is 0 Å². The van der Waals surface area contributed by atoms with Crippen LogP contribution in [0.2, 0.25) is 0 Å². The van der Waals surface area contributed by atoms with Crippen LogP contribution in [0.25, 0.3) is 11.4 Å². The summed E-state index contributed by atoms with van der Waals surface area (Å²) in [6.07, 6.45) is 1.78. The standard InChI is InChI=1S/C12H15N3O2/c1-2-4-11-14-12(15-17-11)10-6-3-5-9(7-10)8-13-16/h3,5-7,13,16H,2,4,8H2,1H3. The van der Waals surface area contributed by atoms with Gasteiger partial charge in [-0.25, -0.2) is 5.48 Å². The highest BCUT2D eigenvalue weighted by Crippen LogP contribution is 2.17. The van der Waals surface area contributed by atoms with Crippen molar-refractivity contribution >= 4 is 0 Å². The lowest BCUT2D eigenvalue weighted by Crippen LogP contribution is -2.05. The fourth-order valence-electron chi connectivity index (χ4n) is 1.60. The Morgan fingerprint density at radius 2 is 2.29 bits per heavy atom. The first-order valence-electron chi connectivity index (χ1n) is 5.62. The van der Waals surface area contributed by atoms with Gasteiger partial charge in [0, 0.05) is 18.5 Å². The van der Waals surface area contributed by atoms with E-state index in [2.05, 4.69) is 22.5 Å². The Kier molecular flexibility index (Phi) is 3.85. The van der Waals surface area contributed by atoms with Crippen molar-refractivity contribution < 1.29 is 9.73 Å². The van der Waals surface area contributed by atoms with Crippen molar-refractivity contribution in [3.8, 4) is 11.4 Å². The molecule has 0 fully saturated rings. The largest absolute Gasteiger partial charge is 0.339 e. The van der Waals surface area contributed by atoms with E-state index in [0.717, 1.165) is 24.0 Å². The number of hydroxylamine groups is 1. The second-order valence-corrected chi connectivity index (χ2v) is 3.80. The van der Waals surface area contributed by atoms with Crippen LogP contribution in [-0.2, 0) is 13.0 Å². The van der Waals surface area contributed by atoms with E-state index in [9.17, 15) is 0 Å². The Morgan fingerprint density at radius 3 is 3.06 bits per heavy atom. The Hall–Kier alpha value is -1.72. The van der Waals surface area contributed by atoms with Crippen LogP contribution in [-0.4, -0.2) is 15.3 Å². The first kappa shape index (κ1) is 11.8. The summed E-state index contributed by atoms with van der Waals surface area (Å²) in [5.41, 5.74) is 3.98. The lowest BCUT2D eigenvalue weighted by atomic mass is 10.1. The number of nitrogens with zero attached hydrogens (tertiary/aromatic N) is 2. The minimum Gasteiger partial charge on any atom is -0.339 e. The number of aryl methyl sites for hydroxylation is 1. The molecule has 2 aromatic rings. The molecular formula is C12H15N3O2. The number of hydrogen-bond acceptors (Lipinski definition) is 5. The zero-order valence-electron chi connectivity index (χ0n) is 9.68. The number of aromatic nitrogens is 2. The van der Waals surface area contributed by atoms with Gasteiger partial charge in [0.25, 0.3) is 0 Å². The quantitative estimate of drug-likeness (QED) is 0.774. The van der Waals surface area contributed by atoms with Gasteiger partial charge in [-0.3, -0.25) is 0 Å². The molecule has 0 aliphatic rings. The topological polar surface area (TPSA) is 71.2 Å². The molecule has 0 saturated carbocycles. The molecule has 90 valence electrons. The highest BCUT2D eigenvalue weighted by molar-refractivity contribution is 5.55. The number of benzene rings is 1. The summed E-state index contributed by atoms with van der Waals surface area (Å²) >= 11 is 0. The second-order valence-electron chi connectivity index (χ2n) is 3.80. The molecule has 17 heavy (non-hydrogen) atoms. The Labute approximate surface area is 99.4 Å². The fraction of sp³-hybridized carbons (Fsp3) is 0.333. The molecule has 0 bridgehead atoms. The zero-order chi connectivity index (χ0) is 12.1. The van der Waals surface area contributed by atoms with Crippen LogP contribution in [0.1, 0.15) is 24.8 Å².